The van der Waals surface area contributed by atoms with Crippen LogP contribution in [0.1, 0.15) is 38.8 Å². The second-order valence-electron chi connectivity index (χ2n) is 9.50. The van der Waals surface area contributed by atoms with E-state index < -0.39 is 11.7 Å². The van der Waals surface area contributed by atoms with E-state index >= 15 is 0 Å². The van der Waals surface area contributed by atoms with Crippen LogP contribution in [0, 0.1) is 6.92 Å². The van der Waals surface area contributed by atoms with Gasteiger partial charge >= 0.3 is 12.1 Å². The number of aromatic nitrogens is 5. The Hall–Kier alpha value is -4.21. The number of nitrogens with zero attached hydrogens (tertiary/aromatic N) is 5. The molecule has 0 spiro atoms. The van der Waals surface area contributed by atoms with Gasteiger partial charge in [-0.25, -0.2) is 14.3 Å². The van der Waals surface area contributed by atoms with E-state index in [0.717, 1.165) is 39.0 Å². The zero-order valence-corrected chi connectivity index (χ0v) is 21.1. The topological polar surface area (TPSA) is 113 Å². The molecule has 0 aliphatic heterocycles. The molecule has 10 heteroatoms. The number of alkyl carbamates (subject to hydrolysis) is 1. The average molecular weight is 491 g/mol. The molecule has 0 fully saturated rings. The zero-order valence-electron chi connectivity index (χ0n) is 21.1. The molecule has 3 heterocycles. The molecular formula is C26H30N6O4. The van der Waals surface area contributed by atoms with Crippen molar-refractivity contribution < 1.29 is 19.1 Å². The summed E-state index contributed by atoms with van der Waals surface area (Å²) >= 11 is 0. The summed E-state index contributed by atoms with van der Waals surface area (Å²) in [6.45, 7) is 10.0. The molecule has 0 saturated heterocycles. The summed E-state index contributed by atoms with van der Waals surface area (Å²) in [5.41, 5.74) is 5.96. The molecule has 0 aliphatic rings. The van der Waals surface area contributed by atoms with Crippen molar-refractivity contribution in [3.05, 3.63) is 60.3 Å². The Labute approximate surface area is 209 Å². The number of rotatable bonds is 7. The van der Waals surface area contributed by atoms with Gasteiger partial charge in [-0.05, 0) is 51.0 Å². The van der Waals surface area contributed by atoms with Crippen LogP contribution in [0.4, 0.5) is 4.79 Å². The summed E-state index contributed by atoms with van der Waals surface area (Å²) in [6.07, 6.45) is 6.69. The number of carbonyl (C=O) groups excluding carboxylic acids is 2. The van der Waals surface area contributed by atoms with Crippen LogP contribution in [0.25, 0.3) is 27.9 Å². The molecule has 1 amide bonds. The molecule has 10 nitrogen and oxygen atoms in total. The van der Waals surface area contributed by atoms with Crippen LogP contribution in [-0.4, -0.2) is 48.6 Å². The van der Waals surface area contributed by atoms with Crippen molar-refractivity contribution in [3.8, 4) is 22.4 Å². The van der Waals surface area contributed by atoms with Crippen LogP contribution in [-0.2, 0) is 27.4 Å². The van der Waals surface area contributed by atoms with Gasteiger partial charge in [0.05, 0.1) is 24.0 Å². The van der Waals surface area contributed by atoms with Crippen molar-refractivity contribution in [2.75, 3.05) is 6.61 Å². The lowest BCUT2D eigenvalue weighted by molar-refractivity contribution is -0.141. The molecule has 0 bridgehead atoms. The molecule has 0 atom stereocenters. The molecule has 188 valence electrons. The van der Waals surface area contributed by atoms with E-state index in [-0.39, 0.29) is 12.6 Å². The minimum absolute atomic E-state index is 0.270. The third kappa shape index (κ3) is 6.07. The lowest BCUT2D eigenvalue weighted by Gasteiger charge is -2.20. The molecule has 3 aromatic heterocycles. The number of aryl methyl sites for hydroxylation is 1. The number of hydrogen-bond donors (Lipinski definition) is 1. The quantitative estimate of drug-likeness (QED) is 0.387. The van der Waals surface area contributed by atoms with Crippen molar-refractivity contribution in [2.24, 2.45) is 0 Å². The van der Waals surface area contributed by atoms with Crippen molar-refractivity contribution >= 4 is 17.6 Å². The van der Waals surface area contributed by atoms with Crippen molar-refractivity contribution in [1.29, 1.82) is 0 Å². The summed E-state index contributed by atoms with van der Waals surface area (Å²) in [5.74, 6) is -0.310. The van der Waals surface area contributed by atoms with E-state index in [1.807, 2.05) is 64.4 Å². The van der Waals surface area contributed by atoms with Gasteiger partial charge in [0.1, 0.15) is 18.5 Å². The van der Waals surface area contributed by atoms with Crippen LogP contribution in [0.2, 0.25) is 0 Å². The van der Waals surface area contributed by atoms with Crippen LogP contribution in [0.15, 0.2) is 49.2 Å². The van der Waals surface area contributed by atoms with Crippen LogP contribution < -0.4 is 5.32 Å². The minimum atomic E-state index is -0.542. The highest BCUT2D eigenvalue weighted by Crippen LogP contribution is 2.29. The zero-order chi connectivity index (χ0) is 25.9. The van der Waals surface area contributed by atoms with E-state index in [0.29, 0.717) is 13.1 Å². The Morgan fingerprint density at radius 2 is 1.86 bits per heavy atom. The fraction of sp³-hybridized carbons (Fsp3) is 0.346. The first-order valence-corrected chi connectivity index (χ1v) is 11.7. The molecule has 0 saturated carbocycles. The summed E-state index contributed by atoms with van der Waals surface area (Å²) in [4.78, 5) is 27.5. The molecule has 4 aromatic rings. The predicted octanol–water partition coefficient (Wildman–Crippen LogP) is 4.16. The fourth-order valence-corrected chi connectivity index (χ4v) is 3.75. The molecule has 4 rings (SSSR count). The molecule has 0 unspecified atom stereocenters. The standard InChI is InChI=1S/C26H30N6O4/c1-17-10-19(6-7-20(17)12-27-25(34)36-26(3,4)5)24-23-11-21(15-32(23)30-16-28-24)22-13-29-31(14-22)8-9-35-18(2)33/h6-7,10-11,13-16H,8-9,12H2,1-5H3,(H,27,34). The van der Waals surface area contributed by atoms with E-state index in [1.165, 1.54) is 13.3 Å². The highest BCUT2D eigenvalue weighted by Gasteiger charge is 2.16. The number of fused-ring (bicyclic) bond motifs is 1. The van der Waals surface area contributed by atoms with Gasteiger partial charge in [0, 0.05) is 42.6 Å². The van der Waals surface area contributed by atoms with Gasteiger partial charge in [0.15, 0.2) is 0 Å². The number of nitrogens with one attached hydrogen (secondary N) is 1. The van der Waals surface area contributed by atoms with Crippen molar-refractivity contribution in [1.82, 2.24) is 29.7 Å². The summed E-state index contributed by atoms with van der Waals surface area (Å²) in [6, 6.07) is 8.04. The van der Waals surface area contributed by atoms with E-state index in [1.54, 1.807) is 15.4 Å². The SMILES string of the molecule is CC(=O)OCCn1cc(-c2cc3c(-c4ccc(CNC(=O)OC(C)(C)C)c(C)c4)ncnn3c2)cn1. The molecule has 1 aromatic carbocycles. The molecule has 36 heavy (non-hydrogen) atoms. The van der Waals surface area contributed by atoms with Crippen LogP contribution >= 0.6 is 0 Å². The van der Waals surface area contributed by atoms with E-state index in [9.17, 15) is 9.59 Å². The number of esters is 1. The number of hydrogen-bond acceptors (Lipinski definition) is 7. The monoisotopic (exact) mass is 490 g/mol. The number of amides is 1. The lowest BCUT2D eigenvalue weighted by atomic mass is 10.0. The van der Waals surface area contributed by atoms with E-state index in [2.05, 4.69) is 20.5 Å². The molecular weight excluding hydrogens is 460 g/mol. The van der Waals surface area contributed by atoms with Gasteiger partial charge in [-0.2, -0.15) is 10.2 Å². The Bertz CT molecular complexity index is 1400. The second-order valence-corrected chi connectivity index (χ2v) is 9.50. The van der Waals surface area contributed by atoms with E-state index in [4.69, 9.17) is 9.47 Å². The lowest BCUT2D eigenvalue weighted by Crippen LogP contribution is -2.32. The third-order valence-electron chi connectivity index (χ3n) is 5.44. The average Bonchev–Trinajstić information content (AvgIpc) is 3.43. The molecule has 0 radical (unpaired) electrons. The first kappa shape index (κ1) is 24.9. The first-order chi connectivity index (χ1) is 17.1. The molecule has 1 N–H and O–H groups in total. The van der Waals surface area contributed by atoms with Crippen molar-refractivity contribution in [2.45, 2.75) is 53.3 Å². The smallest absolute Gasteiger partial charge is 0.407 e. The van der Waals surface area contributed by atoms with Gasteiger partial charge in [-0.1, -0.05) is 12.1 Å². The van der Waals surface area contributed by atoms with Gasteiger partial charge in [-0.15, -0.1) is 0 Å². The highest BCUT2D eigenvalue weighted by molar-refractivity contribution is 5.81. The number of benzene rings is 1. The van der Waals surface area contributed by atoms with Gasteiger partial charge < -0.3 is 14.8 Å². The van der Waals surface area contributed by atoms with Crippen LogP contribution in [0.5, 0.6) is 0 Å². The maximum atomic E-state index is 12.0. The maximum absolute atomic E-state index is 12.0. The Kier molecular flexibility index (Phi) is 7.05. The van der Waals surface area contributed by atoms with Gasteiger partial charge in [0.25, 0.3) is 0 Å². The highest BCUT2D eigenvalue weighted by atomic mass is 16.6. The van der Waals surface area contributed by atoms with Crippen molar-refractivity contribution in [3.63, 3.8) is 0 Å². The maximum Gasteiger partial charge on any atom is 0.407 e. The summed E-state index contributed by atoms with van der Waals surface area (Å²) in [5, 5.41) is 11.5. The number of carbonyl (C=O) groups is 2. The fourth-order valence-electron chi connectivity index (χ4n) is 3.75. The number of ether oxygens (including phenoxy) is 2. The first-order valence-electron chi connectivity index (χ1n) is 11.7. The van der Waals surface area contributed by atoms with Gasteiger partial charge in [0.2, 0.25) is 0 Å². The Balaban J connectivity index is 1.52. The summed E-state index contributed by atoms with van der Waals surface area (Å²) in [7, 11) is 0. The minimum Gasteiger partial charge on any atom is -0.464 e. The second kappa shape index (κ2) is 10.2. The normalized spacial score (nSPS) is 11.5. The predicted molar refractivity (Wildman–Crippen MR) is 134 cm³/mol. The van der Waals surface area contributed by atoms with Crippen LogP contribution in [0.3, 0.4) is 0 Å². The largest absolute Gasteiger partial charge is 0.464 e. The molecule has 0 aliphatic carbocycles. The summed E-state index contributed by atoms with van der Waals surface area (Å²) < 4.78 is 13.8. The Morgan fingerprint density at radius 1 is 1.06 bits per heavy atom. The van der Waals surface area contributed by atoms with Gasteiger partial charge in [-0.3, -0.25) is 9.48 Å². The Morgan fingerprint density at radius 3 is 2.58 bits per heavy atom. The third-order valence-corrected chi connectivity index (χ3v) is 5.44.